The van der Waals surface area contributed by atoms with E-state index in [0.29, 0.717) is 12.0 Å². The van der Waals surface area contributed by atoms with Crippen molar-refractivity contribution in [1.82, 2.24) is 20.5 Å². The molecule has 0 aromatic carbocycles. The van der Waals surface area contributed by atoms with Crippen molar-refractivity contribution in [3.05, 3.63) is 57.8 Å². The second-order valence-electron chi connectivity index (χ2n) is 4.85. The van der Waals surface area contributed by atoms with Crippen LogP contribution in [0.25, 0.3) is 0 Å². The second-order valence-corrected chi connectivity index (χ2v) is 4.85. The van der Waals surface area contributed by atoms with Crippen LogP contribution in [0.3, 0.4) is 0 Å². The number of fused-ring (bicyclic) bond motifs is 1. The van der Waals surface area contributed by atoms with Gasteiger partial charge >= 0.3 is 0 Å². The predicted molar refractivity (Wildman–Crippen MR) is 72.4 cm³/mol. The molecule has 1 aliphatic rings. The number of aryl methyl sites for hydroxylation is 1. The van der Waals surface area contributed by atoms with Gasteiger partial charge in [-0.05, 0) is 37.0 Å². The molecule has 2 aromatic heterocycles. The maximum Gasteiger partial charge on any atom is 0.264 e. The number of pyridine rings is 1. The molecule has 1 aliphatic carbocycles. The molecule has 3 rings (SSSR count). The fourth-order valence-electron chi connectivity index (χ4n) is 2.44. The normalized spacial score (nSPS) is 17.3. The summed E-state index contributed by atoms with van der Waals surface area (Å²) in [5, 5.41) is 9.46. The minimum Gasteiger partial charge on any atom is -0.349 e. The van der Waals surface area contributed by atoms with E-state index in [4.69, 9.17) is 0 Å². The Morgan fingerprint density at radius 1 is 1.35 bits per heavy atom. The first kappa shape index (κ1) is 12.5. The van der Waals surface area contributed by atoms with Crippen molar-refractivity contribution in [2.45, 2.75) is 25.3 Å². The molecule has 0 saturated carbocycles. The van der Waals surface area contributed by atoms with Crippen molar-refractivity contribution < 1.29 is 4.79 Å². The van der Waals surface area contributed by atoms with Gasteiger partial charge in [0.2, 0.25) is 0 Å². The van der Waals surface area contributed by atoms with Crippen molar-refractivity contribution in [2.75, 3.05) is 0 Å². The molecule has 2 N–H and O–H groups in total. The highest BCUT2D eigenvalue weighted by atomic mass is 16.1. The highest BCUT2D eigenvalue weighted by Gasteiger charge is 2.21. The highest BCUT2D eigenvalue weighted by molar-refractivity contribution is 5.94. The fourth-order valence-corrected chi connectivity index (χ4v) is 2.44. The summed E-state index contributed by atoms with van der Waals surface area (Å²) >= 11 is 0. The number of carbonyl (C=O) groups is 1. The summed E-state index contributed by atoms with van der Waals surface area (Å²) in [5.74, 6) is -0.112. The van der Waals surface area contributed by atoms with Crippen molar-refractivity contribution in [3.63, 3.8) is 0 Å². The molecule has 0 bridgehead atoms. The maximum absolute atomic E-state index is 12.1. The lowest BCUT2D eigenvalue weighted by molar-refractivity contribution is 0.0933. The predicted octanol–water partition coefficient (Wildman–Crippen LogP) is 0.452. The zero-order chi connectivity index (χ0) is 13.9. The van der Waals surface area contributed by atoms with Gasteiger partial charge in [0.25, 0.3) is 11.5 Å². The molecule has 2 heterocycles. The number of rotatable bonds is 2. The number of nitrogens with zero attached hydrogens (tertiary/aromatic N) is 2. The standard InChI is InChI=1S/C14H14N4O2/c19-13-8-10-7-11(1-2-12(10)17-18-13)16-14(20)9-3-5-15-6-4-9/h3-6,8,11H,1-2,7H2,(H,16,20)(H,18,19)/t11-/m1/s1. The first-order valence-corrected chi connectivity index (χ1v) is 6.51. The lowest BCUT2D eigenvalue weighted by Crippen LogP contribution is -2.39. The molecule has 102 valence electrons. The minimum atomic E-state index is -0.204. The lowest BCUT2D eigenvalue weighted by Gasteiger charge is -2.24. The number of carbonyl (C=O) groups excluding carboxylic acids is 1. The van der Waals surface area contributed by atoms with Gasteiger partial charge in [-0.3, -0.25) is 14.6 Å². The van der Waals surface area contributed by atoms with Gasteiger partial charge < -0.3 is 5.32 Å². The number of hydrogen-bond donors (Lipinski definition) is 2. The molecule has 6 heteroatoms. The van der Waals surface area contributed by atoms with Crippen LogP contribution in [-0.2, 0) is 12.8 Å². The third kappa shape index (κ3) is 2.59. The van der Waals surface area contributed by atoms with E-state index in [1.54, 1.807) is 30.6 Å². The molecule has 2 aromatic rings. The quantitative estimate of drug-likeness (QED) is 0.829. The van der Waals surface area contributed by atoms with Gasteiger partial charge in [0.1, 0.15) is 0 Å². The Kier molecular flexibility index (Phi) is 3.28. The van der Waals surface area contributed by atoms with Crippen molar-refractivity contribution in [2.24, 2.45) is 0 Å². The van der Waals surface area contributed by atoms with E-state index >= 15 is 0 Å². The first-order chi connectivity index (χ1) is 9.72. The molecular formula is C14H14N4O2. The van der Waals surface area contributed by atoms with Crippen LogP contribution in [0.4, 0.5) is 0 Å². The second kappa shape index (κ2) is 5.24. The van der Waals surface area contributed by atoms with Gasteiger partial charge in [-0.25, -0.2) is 5.10 Å². The van der Waals surface area contributed by atoms with Crippen LogP contribution in [0.5, 0.6) is 0 Å². The molecular weight excluding hydrogens is 256 g/mol. The summed E-state index contributed by atoms with van der Waals surface area (Å²) in [6.45, 7) is 0. The molecule has 0 aliphatic heterocycles. The van der Waals surface area contributed by atoms with Gasteiger partial charge in [0, 0.05) is 30.1 Å². The van der Waals surface area contributed by atoms with E-state index in [2.05, 4.69) is 20.5 Å². The number of H-pyrrole nitrogens is 1. The van der Waals surface area contributed by atoms with Crippen LogP contribution in [0.2, 0.25) is 0 Å². The molecule has 0 unspecified atom stereocenters. The Balaban J connectivity index is 1.71. The van der Waals surface area contributed by atoms with E-state index < -0.39 is 0 Å². The average Bonchev–Trinajstić information content (AvgIpc) is 2.47. The SMILES string of the molecule is O=C(N[C@@H]1CCc2n[nH]c(=O)cc2C1)c1ccncc1. The summed E-state index contributed by atoms with van der Waals surface area (Å²) in [4.78, 5) is 27.2. The molecule has 1 amide bonds. The fraction of sp³-hybridized carbons (Fsp3) is 0.286. The van der Waals surface area contributed by atoms with Gasteiger partial charge in [-0.15, -0.1) is 0 Å². The van der Waals surface area contributed by atoms with Crippen LogP contribution in [-0.4, -0.2) is 27.1 Å². The van der Waals surface area contributed by atoms with Crippen LogP contribution in [0, 0.1) is 0 Å². The Labute approximate surface area is 115 Å². The smallest absolute Gasteiger partial charge is 0.264 e. The Morgan fingerprint density at radius 3 is 2.95 bits per heavy atom. The summed E-state index contributed by atoms with van der Waals surface area (Å²) in [6.07, 6.45) is 5.41. The molecule has 0 spiro atoms. The molecule has 1 atom stereocenters. The minimum absolute atomic E-state index is 0.0340. The molecule has 0 radical (unpaired) electrons. The van der Waals surface area contributed by atoms with E-state index in [0.717, 1.165) is 24.1 Å². The third-order valence-corrected chi connectivity index (χ3v) is 3.45. The van der Waals surface area contributed by atoms with E-state index in [-0.39, 0.29) is 17.5 Å². The van der Waals surface area contributed by atoms with E-state index in [1.807, 2.05) is 0 Å². The zero-order valence-electron chi connectivity index (χ0n) is 10.8. The van der Waals surface area contributed by atoms with Crippen LogP contribution in [0.15, 0.2) is 35.4 Å². The van der Waals surface area contributed by atoms with Crippen LogP contribution in [0.1, 0.15) is 28.0 Å². The molecule has 0 fully saturated rings. The summed E-state index contributed by atoms with van der Waals surface area (Å²) < 4.78 is 0. The van der Waals surface area contributed by atoms with Gasteiger partial charge in [-0.2, -0.15) is 5.10 Å². The largest absolute Gasteiger partial charge is 0.349 e. The maximum atomic E-state index is 12.1. The molecule has 0 saturated heterocycles. The molecule has 20 heavy (non-hydrogen) atoms. The lowest BCUT2D eigenvalue weighted by atomic mass is 9.92. The highest BCUT2D eigenvalue weighted by Crippen LogP contribution is 2.17. The summed E-state index contributed by atoms with van der Waals surface area (Å²) in [5.41, 5.74) is 2.22. The van der Waals surface area contributed by atoms with Gasteiger partial charge in [-0.1, -0.05) is 0 Å². The summed E-state index contributed by atoms with van der Waals surface area (Å²) in [6, 6.07) is 4.95. The van der Waals surface area contributed by atoms with E-state index in [9.17, 15) is 9.59 Å². The van der Waals surface area contributed by atoms with Gasteiger partial charge in [0.15, 0.2) is 0 Å². The summed E-state index contributed by atoms with van der Waals surface area (Å²) in [7, 11) is 0. The number of aromatic nitrogens is 3. The van der Waals surface area contributed by atoms with Crippen molar-refractivity contribution >= 4 is 5.91 Å². The van der Waals surface area contributed by atoms with Crippen LogP contribution >= 0.6 is 0 Å². The number of nitrogens with one attached hydrogen (secondary N) is 2. The third-order valence-electron chi connectivity index (χ3n) is 3.45. The zero-order valence-corrected chi connectivity index (χ0v) is 10.8. The number of amides is 1. The van der Waals surface area contributed by atoms with Crippen molar-refractivity contribution in [1.29, 1.82) is 0 Å². The van der Waals surface area contributed by atoms with Crippen molar-refractivity contribution in [3.8, 4) is 0 Å². The number of hydrogen-bond acceptors (Lipinski definition) is 4. The molecule has 6 nitrogen and oxygen atoms in total. The Bertz CT molecular complexity index is 681. The average molecular weight is 270 g/mol. The monoisotopic (exact) mass is 270 g/mol. The first-order valence-electron chi connectivity index (χ1n) is 6.51. The van der Waals surface area contributed by atoms with E-state index in [1.165, 1.54) is 0 Å². The Morgan fingerprint density at radius 2 is 2.15 bits per heavy atom. The Hall–Kier alpha value is -2.50. The van der Waals surface area contributed by atoms with Gasteiger partial charge in [0.05, 0.1) is 5.69 Å². The van der Waals surface area contributed by atoms with Crippen LogP contribution < -0.4 is 10.9 Å². The number of aromatic amines is 1. The topological polar surface area (TPSA) is 87.7 Å².